The maximum absolute atomic E-state index is 13.2. The maximum Gasteiger partial charge on any atom is 0.227 e. The minimum Gasteiger partial charge on any atom is -0.396 e. The number of nitrogens with zero attached hydrogens (tertiary/aromatic N) is 2. The first kappa shape index (κ1) is 17.8. The van der Waals surface area contributed by atoms with Crippen molar-refractivity contribution in [1.82, 2.24) is 9.80 Å². The van der Waals surface area contributed by atoms with E-state index in [1.807, 2.05) is 11.9 Å². The first-order chi connectivity index (χ1) is 11.0. The summed E-state index contributed by atoms with van der Waals surface area (Å²) >= 11 is 0. The summed E-state index contributed by atoms with van der Waals surface area (Å²) in [7, 11) is 1.92. The van der Waals surface area contributed by atoms with Crippen LogP contribution >= 0.6 is 0 Å². The van der Waals surface area contributed by atoms with Crippen LogP contribution in [0.25, 0.3) is 0 Å². The average Bonchev–Trinajstić information content (AvgIpc) is 2.90. The smallest absolute Gasteiger partial charge is 0.227 e. The van der Waals surface area contributed by atoms with E-state index >= 15 is 0 Å². The molecule has 1 saturated heterocycles. The summed E-state index contributed by atoms with van der Waals surface area (Å²) in [5.41, 5.74) is 0.663. The molecule has 0 radical (unpaired) electrons. The number of amides is 1. The van der Waals surface area contributed by atoms with Gasteiger partial charge in [-0.25, -0.2) is 4.39 Å². The number of rotatable bonds is 7. The predicted molar refractivity (Wildman–Crippen MR) is 85.3 cm³/mol. The Hall–Kier alpha value is -1.50. The van der Waals surface area contributed by atoms with Crippen molar-refractivity contribution < 1.29 is 19.4 Å². The van der Waals surface area contributed by atoms with Gasteiger partial charge in [-0.15, -0.1) is 0 Å². The standard InChI is InChI=1S/C17H25FN2O3/c1-19(5-6-21)9-14-10-20(11-15(14)12-22)17(23)8-13-3-2-4-16(18)7-13/h2-4,7,14-15,21-22H,5-6,8-12H2,1H3. The molecule has 128 valence electrons. The fourth-order valence-corrected chi connectivity index (χ4v) is 3.15. The SMILES string of the molecule is CN(CCO)CC1CN(C(=O)Cc2cccc(F)c2)CC1CO. The van der Waals surface area contributed by atoms with Crippen LogP contribution in [-0.2, 0) is 11.2 Å². The number of likely N-dealkylation sites (tertiary alicyclic amines) is 1. The molecule has 6 heteroatoms. The molecule has 1 aliphatic rings. The number of carbonyl (C=O) groups is 1. The number of benzene rings is 1. The summed E-state index contributed by atoms with van der Waals surface area (Å²) in [4.78, 5) is 16.2. The van der Waals surface area contributed by atoms with Gasteiger partial charge in [-0.1, -0.05) is 12.1 Å². The van der Waals surface area contributed by atoms with Crippen LogP contribution in [-0.4, -0.2) is 72.4 Å². The molecular formula is C17H25FN2O3. The van der Waals surface area contributed by atoms with Gasteiger partial charge in [0.05, 0.1) is 13.0 Å². The Labute approximate surface area is 136 Å². The Morgan fingerprint density at radius 3 is 2.74 bits per heavy atom. The van der Waals surface area contributed by atoms with Crippen molar-refractivity contribution in [2.24, 2.45) is 11.8 Å². The molecule has 2 rings (SSSR count). The minimum absolute atomic E-state index is 0.0404. The normalized spacial score (nSPS) is 21.2. The lowest BCUT2D eigenvalue weighted by molar-refractivity contribution is -0.129. The van der Waals surface area contributed by atoms with E-state index in [2.05, 4.69) is 0 Å². The van der Waals surface area contributed by atoms with Gasteiger partial charge in [0.15, 0.2) is 0 Å². The quantitative estimate of drug-likeness (QED) is 0.760. The zero-order valence-electron chi connectivity index (χ0n) is 13.5. The average molecular weight is 324 g/mol. The molecule has 1 aromatic rings. The van der Waals surface area contributed by atoms with Crippen LogP contribution in [0.5, 0.6) is 0 Å². The van der Waals surface area contributed by atoms with Crippen LogP contribution in [0.2, 0.25) is 0 Å². The minimum atomic E-state index is -0.339. The molecule has 0 bridgehead atoms. The summed E-state index contributed by atoms with van der Waals surface area (Å²) in [5.74, 6) is -0.143. The van der Waals surface area contributed by atoms with Crippen LogP contribution in [0.3, 0.4) is 0 Å². The Morgan fingerprint density at radius 1 is 1.35 bits per heavy atom. The fraction of sp³-hybridized carbons (Fsp3) is 0.588. The second kappa shape index (κ2) is 8.38. The molecule has 0 spiro atoms. The van der Waals surface area contributed by atoms with Crippen molar-refractivity contribution in [3.8, 4) is 0 Å². The largest absolute Gasteiger partial charge is 0.396 e. The van der Waals surface area contributed by atoms with E-state index in [-0.39, 0.29) is 43.2 Å². The molecular weight excluding hydrogens is 299 g/mol. The number of aliphatic hydroxyl groups is 2. The number of aliphatic hydroxyl groups excluding tert-OH is 2. The molecule has 2 N–H and O–H groups in total. The monoisotopic (exact) mass is 324 g/mol. The van der Waals surface area contributed by atoms with Crippen molar-refractivity contribution in [2.75, 3.05) is 46.4 Å². The third-order valence-electron chi connectivity index (χ3n) is 4.44. The van der Waals surface area contributed by atoms with E-state index in [0.717, 1.165) is 6.54 Å². The number of hydrogen-bond donors (Lipinski definition) is 2. The number of halogens is 1. The van der Waals surface area contributed by atoms with Gasteiger partial charge < -0.3 is 20.0 Å². The molecule has 2 unspecified atom stereocenters. The molecule has 1 heterocycles. The molecule has 0 aromatic heterocycles. The van der Waals surface area contributed by atoms with Crippen molar-refractivity contribution in [3.63, 3.8) is 0 Å². The summed E-state index contributed by atoms with van der Waals surface area (Å²) in [6.07, 6.45) is 0.176. The fourth-order valence-electron chi connectivity index (χ4n) is 3.15. The maximum atomic E-state index is 13.2. The first-order valence-electron chi connectivity index (χ1n) is 7.96. The summed E-state index contributed by atoms with van der Waals surface area (Å²) in [5, 5.41) is 18.5. The van der Waals surface area contributed by atoms with Gasteiger partial charge in [-0.2, -0.15) is 0 Å². The van der Waals surface area contributed by atoms with Crippen molar-refractivity contribution in [3.05, 3.63) is 35.6 Å². The predicted octanol–water partition coefficient (Wildman–Crippen LogP) is 0.359. The highest BCUT2D eigenvalue weighted by molar-refractivity contribution is 5.79. The zero-order valence-corrected chi connectivity index (χ0v) is 13.5. The third-order valence-corrected chi connectivity index (χ3v) is 4.44. The van der Waals surface area contributed by atoms with Crippen LogP contribution in [0.15, 0.2) is 24.3 Å². The molecule has 5 nitrogen and oxygen atoms in total. The topological polar surface area (TPSA) is 64.0 Å². The van der Waals surface area contributed by atoms with E-state index in [9.17, 15) is 14.3 Å². The highest BCUT2D eigenvalue weighted by Crippen LogP contribution is 2.24. The van der Waals surface area contributed by atoms with Gasteiger partial charge in [-0.05, 0) is 30.7 Å². The van der Waals surface area contributed by atoms with Crippen LogP contribution in [0, 0.1) is 17.7 Å². The Balaban J connectivity index is 1.94. The number of hydrogen-bond acceptors (Lipinski definition) is 4. The number of carbonyl (C=O) groups excluding carboxylic acids is 1. The second-order valence-corrected chi connectivity index (χ2v) is 6.29. The van der Waals surface area contributed by atoms with E-state index in [1.165, 1.54) is 12.1 Å². The molecule has 1 amide bonds. The molecule has 1 aliphatic heterocycles. The van der Waals surface area contributed by atoms with Gasteiger partial charge in [-0.3, -0.25) is 4.79 Å². The van der Waals surface area contributed by atoms with Gasteiger partial charge in [0.25, 0.3) is 0 Å². The summed E-state index contributed by atoms with van der Waals surface area (Å²) in [6.45, 7) is 2.56. The Kier molecular flexibility index (Phi) is 6.50. The summed E-state index contributed by atoms with van der Waals surface area (Å²) in [6, 6.07) is 6.08. The van der Waals surface area contributed by atoms with Crippen LogP contribution in [0.4, 0.5) is 4.39 Å². The first-order valence-corrected chi connectivity index (χ1v) is 7.96. The van der Waals surface area contributed by atoms with Crippen molar-refractivity contribution in [2.45, 2.75) is 6.42 Å². The molecule has 1 aromatic carbocycles. The Bertz CT molecular complexity index is 526. The lowest BCUT2D eigenvalue weighted by Crippen LogP contribution is -2.34. The highest BCUT2D eigenvalue weighted by atomic mass is 19.1. The molecule has 23 heavy (non-hydrogen) atoms. The number of likely N-dealkylation sites (N-methyl/N-ethyl adjacent to an activating group) is 1. The lowest BCUT2D eigenvalue weighted by Gasteiger charge is -2.23. The van der Waals surface area contributed by atoms with Crippen LogP contribution < -0.4 is 0 Å². The van der Waals surface area contributed by atoms with Gasteiger partial charge in [0.1, 0.15) is 5.82 Å². The summed E-state index contributed by atoms with van der Waals surface area (Å²) < 4.78 is 13.2. The molecule has 0 saturated carbocycles. The Morgan fingerprint density at radius 2 is 2.09 bits per heavy atom. The van der Waals surface area contributed by atoms with E-state index in [0.29, 0.717) is 25.2 Å². The zero-order chi connectivity index (χ0) is 16.8. The lowest BCUT2D eigenvalue weighted by atomic mass is 9.96. The third kappa shape index (κ3) is 4.99. The van der Waals surface area contributed by atoms with Gasteiger partial charge in [0.2, 0.25) is 5.91 Å². The van der Waals surface area contributed by atoms with E-state index < -0.39 is 0 Å². The van der Waals surface area contributed by atoms with Crippen molar-refractivity contribution >= 4 is 5.91 Å². The van der Waals surface area contributed by atoms with Gasteiger partial charge in [0, 0.05) is 38.7 Å². The second-order valence-electron chi connectivity index (χ2n) is 6.29. The van der Waals surface area contributed by atoms with E-state index in [1.54, 1.807) is 17.0 Å². The highest BCUT2D eigenvalue weighted by Gasteiger charge is 2.35. The molecule has 2 atom stereocenters. The molecule has 1 fully saturated rings. The van der Waals surface area contributed by atoms with Crippen molar-refractivity contribution in [1.29, 1.82) is 0 Å². The molecule has 0 aliphatic carbocycles. The van der Waals surface area contributed by atoms with Gasteiger partial charge >= 0.3 is 0 Å². The van der Waals surface area contributed by atoms with E-state index in [4.69, 9.17) is 5.11 Å². The van der Waals surface area contributed by atoms with Crippen LogP contribution in [0.1, 0.15) is 5.56 Å².